The number of para-hydroxylation sites is 1. The van der Waals surface area contributed by atoms with Gasteiger partial charge in [-0.3, -0.25) is 0 Å². The smallest absolute Gasteiger partial charge is 0.138 e. The van der Waals surface area contributed by atoms with Crippen LogP contribution in [-0.2, 0) is 6.61 Å². The molecule has 0 amide bonds. The maximum atomic E-state index is 9.14. The maximum Gasteiger partial charge on any atom is 0.138 e. The Labute approximate surface area is 104 Å². The predicted octanol–water partition coefficient (Wildman–Crippen LogP) is 3.01. The molecule has 3 nitrogen and oxygen atoms in total. The summed E-state index contributed by atoms with van der Waals surface area (Å²) in [7, 11) is 0. The van der Waals surface area contributed by atoms with Crippen LogP contribution in [-0.4, -0.2) is 11.7 Å². The molecule has 4 heteroatoms. The molecular weight excluding hydrogens is 270 g/mol. The van der Waals surface area contributed by atoms with E-state index in [1.54, 1.807) is 0 Å². The molecule has 0 bridgehead atoms. The van der Waals surface area contributed by atoms with Gasteiger partial charge in [-0.05, 0) is 34.8 Å². The van der Waals surface area contributed by atoms with Crippen LogP contribution < -0.4 is 4.74 Å². The van der Waals surface area contributed by atoms with Crippen LogP contribution in [0.15, 0.2) is 22.7 Å². The van der Waals surface area contributed by atoms with Crippen LogP contribution in [0.5, 0.6) is 5.75 Å². The molecule has 0 unspecified atom stereocenters. The van der Waals surface area contributed by atoms with Crippen molar-refractivity contribution in [1.82, 2.24) is 0 Å². The summed E-state index contributed by atoms with van der Waals surface area (Å²) in [5.74, 6) is 0.696. The fourth-order valence-corrected chi connectivity index (χ4v) is 1.84. The van der Waals surface area contributed by atoms with E-state index in [0.717, 1.165) is 22.9 Å². The number of benzene rings is 1. The van der Waals surface area contributed by atoms with Gasteiger partial charge in [-0.1, -0.05) is 12.1 Å². The zero-order valence-electron chi connectivity index (χ0n) is 8.95. The Bertz CT molecular complexity index is 374. The lowest BCUT2D eigenvalue weighted by atomic mass is 10.2. The Morgan fingerprint density at radius 3 is 2.88 bits per heavy atom. The van der Waals surface area contributed by atoms with Crippen LogP contribution in [0.4, 0.5) is 0 Å². The van der Waals surface area contributed by atoms with Crippen molar-refractivity contribution in [3.05, 3.63) is 28.2 Å². The molecule has 16 heavy (non-hydrogen) atoms. The van der Waals surface area contributed by atoms with Crippen molar-refractivity contribution in [3.63, 3.8) is 0 Å². The van der Waals surface area contributed by atoms with Crippen LogP contribution >= 0.6 is 15.9 Å². The minimum atomic E-state index is -0.0348. The molecule has 86 valence electrons. The first kappa shape index (κ1) is 13.0. The van der Waals surface area contributed by atoms with Gasteiger partial charge < -0.3 is 9.84 Å². The standard InChI is InChI=1S/C12H14BrNO2/c13-11-6-4-5-10(9-15)12(11)16-8-3-1-2-7-14/h4-6,15H,1-3,8-9H2. The number of ether oxygens (including phenoxy) is 1. The van der Waals surface area contributed by atoms with Gasteiger partial charge >= 0.3 is 0 Å². The lowest BCUT2D eigenvalue weighted by molar-refractivity contribution is 0.259. The molecule has 0 aromatic heterocycles. The number of aliphatic hydroxyl groups is 1. The highest BCUT2D eigenvalue weighted by Gasteiger charge is 2.06. The second-order valence-corrected chi connectivity index (χ2v) is 4.20. The summed E-state index contributed by atoms with van der Waals surface area (Å²) in [6.07, 6.45) is 2.25. The highest BCUT2D eigenvalue weighted by atomic mass is 79.9. The Kier molecular flexibility index (Phi) is 5.91. The van der Waals surface area contributed by atoms with Crippen molar-refractivity contribution in [2.24, 2.45) is 0 Å². The Balaban J connectivity index is 2.50. The summed E-state index contributed by atoms with van der Waals surface area (Å²) in [6.45, 7) is 0.532. The van der Waals surface area contributed by atoms with Crippen molar-refractivity contribution in [1.29, 1.82) is 5.26 Å². The van der Waals surface area contributed by atoms with E-state index in [9.17, 15) is 0 Å². The SMILES string of the molecule is N#CCCCCOc1c(Br)cccc1CO. The van der Waals surface area contributed by atoms with E-state index in [2.05, 4.69) is 22.0 Å². The van der Waals surface area contributed by atoms with Gasteiger partial charge in [-0.2, -0.15) is 5.26 Å². The van der Waals surface area contributed by atoms with Gasteiger partial charge in [0.25, 0.3) is 0 Å². The molecule has 0 heterocycles. The Morgan fingerprint density at radius 2 is 2.19 bits per heavy atom. The first-order valence-electron chi connectivity index (χ1n) is 5.17. The average Bonchev–Trinajstić information content (AvgIpc) is 2.30. The number of nitriles is 1. The number of hydrogen-bond donors (Lipinski definition) is 1. The molecule has 0 atom stereocenters. The topological polar surface area (TPSA) is 53.2 Å². The zero-order chi connectivity index (χ0) is 11.8. The van der Waals surface area contributed by atoms with Gasteiger partial charge in [0, 0.05) is 12.0 Å². The molecule has 0 aliphatic carbocycles. The summed E-state index contributed by atoms with van der Waals surface area (Å²) < 4.78 is 6.44. The predicted molar refractivity (Wildman–Crippen MR) is 65.0 cm³/mol. The maximum absolute atomic E-state index is 9.14. The van der Waals surface area contributed by atoms with Crippen molar-refractivity contribution in [3.8, 4) is 11.8 Å². The van der Waals surface area contributed by atoms with E-state index in [0.29, 0.717) is 18.8 Å². The number of rotatable bonds is 6. The molecule has 0 fully saturated rings. The van der Waals surface area contributed by atoms with Crippen molar-refractivity contribution < 1.29 is 9.84 Å². The molecule has 1 aromatic rings. The fraction of sp³-hybridized carbons (Fsp3) is 0.417. The minimum Gasteiger partial charge on any atom is -0.492 e. The largest absolute Gasteiger partial charge is 0.492 e. The number of halogens is 1. The van der Waals surface area contributed by atoms with Crippen LogP contribution in [0, 0.1) is 11.3 Å². The molecule has 1 N–H and O–H groups in total. The Morgan fingerprint density at radius 1 is 1.38 bits per heavy atom. The first-order valence-corrected chi connectivity index (χ1v) is 5.97. The van der Waals surface area contributed by atoms with E-state index >= 15 is 0 Å². The molecule has 1 rings (SSSR count). The third-order valence-corrected chi connectivity index (χ3v) is 2.77. The summed E-state index contributed by atoms with van der Waals surface area (Å²) in [4.78, 5) is 0. The number of nitrogens with zero attached hydrogens (tertiary/aromatic N) is 1. The molecule has 1 aromatic carbocycles. The lowest BCUT2D eigenvalue weighted by Crippen LogP contribution is -2.01. The highest BCUT2D eigenvalue weighted by Crippen LogP contribution is 2.29. The monoisotopic (exact) mass is 283 g/mol. The van der Waals surface area contributed by atoms with E-state index in [4.69, 9.17) is 15.1 Å². The Hall–Kier alpha value is -1.05. The van der Waals surface area contributed by atoms with E-state index in [1.807, 2.05) is 18.2 Å². The quantitative estimate of drug-likeness (QED) is 0.817. The van der Waals surface area contributed by atoms with Gasteiger partial charge in [-0.25, -0.2) is 0 Å². The van der Waals surface area contributed by atoms with Gasteiger partial charge in [0.2, 0.25) is 0 Å². The third kappa shape index (κ3) is 3.84. The summed E-state index contributed by atoms with van der Waals surface area (Å²) in [5, 5.41) is 17.5. The van der Waals surface area contributed by atoms with E-state index in [-0.39, 0.29) is 6.61 Å². The summed E-state index contributed by atoms with van der Waals surface area (Å²) >= 11 is 3.38. The molecule has 0 saturated heterocycles. The average molecular weight is 284 g/mol. The number of aliphatic hydroxyl groups excluding tert-OH is 1. The molecule has 0 saturated carbocycles. The highest BCUT2D eigenvalue weighted by molar-refractivity contribution is 9.10. The third-order valence-electron chi connectivity index (χ3n) is 2.15. The summed E-state index contributed by atoms with van der Waals surface area (Å²) in [6, 6.07) is 7.66. The lowest BCUT2D eigenvalue weighted by Gasteiger charge is -2.11. The van der Waals surface area contributed by atoms with Crippen LogP contribution in [0.3, 0.4) is 0 Å². The number of unbranched alkanes of at least 4 members (excludes halogenated alkanes) is 2. The molecular formula is C12H14BrNO2. The zero-order valence-corrected chi connectivity index (χ0v) is 10.5. The van der Waals surface area contributed by atoms with E-state index < -0.39 is 0 Å². The second-order valence-electron chi connectivity index (χ2n) is 3.35. The fourth-order valence-electron chi connectivity index (χ4n) is 1.32. The molecule has 0 radical (unpaired) electrons. The second kappa shape index (κ2) is 7.26. The van der Waals surface area contributed by atoms with Crippen molar-refractivity contribution in [2.75, 3.05) is 6.61 Å². The molecule has 0 spiro atoms. The number of hydrogen-bond acceptors (Lipinski definition) is 3. The van der Waals surface area contributed by atoms with Crippen molar-refractivity contribution in [2.45, 2.75) is 25.9 Å². The molecule has 0 aliphatic rings. The normalized spacial score (nSPS) is 9.81. The molecule has 0 aliphatic heterocycles. The van der Waals surface area contributed by atoms with E-state index in [1.165, 1.54) is 0 Å². The first-order chi connectivity index (χ1) is 7.79. The van der Waals surface area contributed by atoms with Gasteiger partial charge in [0.15, 0.2) is 0 Å². The van der Waals surface area contributed by atoms with Gasteiger partial charge in [-0.15, -0.1) is 0 Å². The van der Waals surface area contributed by atoms with Crippen LogP contribution in [0.1, 0.15) is 24.8 Å². The van der Waals surface area contributed by atoms with Crippen molar-refractivity contribution >= 4 is 15.9 Å². The van der Waals surface area contributed by atoms with Crippen LogP contribution in [0.2, 0.25) is 0 Å². The minimum absolute atomic E-state index is 0.0348. The van der Waals surface area contributed by atoms with Crippen LogP contribution in [0.25, 0.3) is 0 Å². The van der Waals surface area contributed by atoms with Gasteiger partial charge in [0.1, 0.15) is 5.75 Å². The van der Waals surface area contributed by atoms with Gasteiger partial charge in [0.05, 0.1) is 23.8 Å². The summed E-state index contributed by atoms with van der Waals surface area (Å²) in [5.41, 5.74) is 0.773.